The van der Waals surface area contributed by atoms with E-state index in [-0.39, 0.29) is 5.41 Å². The second-order valence-electron chi connectivity index (χ2n) is 4.55. The molecule has 1 aromatic rings. The summed E-state index contributed by atoms with van der Waals surface area (Å²) >= 11 is 3.51. The van der Waals surface area contributed by atoms with Crippen LogP contribution in [0, 0.1) is 6.92 Å². The van der Waals surface area contributed by atoms with Crippen LogP contribution in [0.1, 0.15) is 31.9 Å². The smallest absolute Gasteiger partial charge is 0.125 e. The van der Waals surface area contributed by atoms with Gasteiger partial charge in [-0.25, -0.2) is 0 Å². The monoisotopic (exact) mass is 256 g/mol. The molecule has 0 aromatic heterocycles. The van der Waals surface area contributed by atoms with Crippen molar-refractivity contribution in [3.05, 3.63) is 27.7 Å². The maximum atomic E-state index is 5.44. The third-order valence-corrected chi connectivity index (χ3v) is 2.71. The molecule has 0 bridgehead atoms. The van der Waals surface area contributed by atoms with Gasteiger partial charge in [0.05, 0.1) is 7.11 Å². The first-order valence-electron chi connectivity index (χ1n) is 4.71. The summed E-state index contributed by atoms with van der Waals surface area (Å²) in [7, 11) is 1.73. The average Bonchev–Trinajstić information content (AvgIpc) is 2.01. The van der Waals surface area contributed by atoms with Gasteiger partial charge in [-0.3, -0.25) is 0 Å². The largest absolute Gasteiger partial charge is 0.496 e. The summed E-state index contributed by atoms with van der Waals surface area (Å²) in [6.45, 7) is 8.64. The van der Waals surface area contributed by atoms with Gasteiger partial charge in [0.25, 0.3) is 0 Å². The highest BCUT2D eigenvalue weighted by atomic mass is 79.9. The molecule has 0 atom stereocenters. The molecule has 0 saturated carbocycles. The fraction of sp³-hybridized carbons (Fsp3) is 0.500. The van der Waals surface area contributed by atoms with Crippen LogP contribution < -0.4 is 4.74 Å². The number of aryl methyl sites for hydroxylation is 1. The number of hydrogen-bond donors (Lipinski definition) is 0. The zero-order valence-electron chi connectivity index (χ0n) is 9.44. The van der Waals surface area contributed by atoms with Crippen LogP contribution >= 0.6 is 15.9 Å². The Hall–Kier alpha value is -0.500. The summed E-state index contributed by atoms with van der Waals surface area (Å²) < 4.78 is 6.55. The van der Waals surface area contributed by atoms with Gasteiger partial charge >= 0.3 is 0 Å². The van der Waals surface area contributed by atoms with E-state index in [9.17, 15) is 0 Å². The van der Waals surface area contributed by atoms with Gasteiger partial charge in [0.2, 0.25) is 0 Å². The first kappa shape index (κ1) is 11.6. The molecule has 14 heavy (non-hydrogen) atoms. The van der Waals surface area contributed by atoms with E-state index in [4.69, 9.17) is 4.74 Å². The number of halogens is 1. The molecule has 0 aliphatic rings. The van der Waals surface area contributed by atoms with E-state index < -0.39 is 0 Å². The van der Waals surface area contributed by atoms with Gasteiger partial charge in [-0.1, -0.05) is 36.7 Å². The van der Waals surface area contributed by atoms with E-state index in [1.165, 1.54) is 11.1 Å². The first-order chi connectivity index (χ1) is 6.36. The normalized spacial score (nSPS) is 11.6. The lowest BCUT2D eigenvalue weighted by molar-refractivity contribution is 0.394. The zero-order valence-corrected chi connectivity index (χ0v) is 11.0. The second-order valence-corrected chi connectivity index (χ2v) is 5.47. The lowest BCUT2D eigenvalue weighted by Gasteiger charge is -2.23. The zero-order chi connectivity index (χ0) is 10.9. The molecule has 0 unspecified atom stereocenters. The topological polar surface area (TPSA) is 9.23 Å². The van der Waals surface area contributed by atoms with E-state index in [0.717, 1.165) is 10.2 Å². The highest BCUT2D eigenvalue weighted by Gasteiger charge is 2.20. The molecule has 0 spiro atoms. The third kappa shape index (κ3) is 2.30. The van der Waals surface area contributed by atoms with Crippen molar-refractivity contribution in [2.24, 2.45) is 0 Å². The quantitative estimate of drug-likeness (QED) is 0.737. The van der Waals surface area contributed by atoms with Crippen LogP contribution in [0.4, 0.5) is 0 Å². The summed E-state index contributed by atoms with van der Waals surface area (Å²) in [6.07, 6.45) is 0. The Kier molecular flexibility index (Phi) is 3.25. The second kappa shape index (κ2) is 3.93. The van der Waals surface area contributed by atoms with E-state index >= 15 is 0 Å². The van der Waals surface area contributed by atoms with Crippen LogP contribution in [0.3, 0.4) is 0 Å². The molecule has 0 aliphatic carbocycles. The molecule has 0 saturated heterocycles. The van der Waals surface area contributed by atoms with Gasteiger partial charge in [0.15, 0.2) is 0 Å². The van der Waals surface area contributed by atoms with Crippen molar-refractivity contribution in [3.63, 3.8) is 0 Å². The maximum Gasteiger partial charge on any atom is 0.125 e. The maximum absolute atomic E-state index is 5.44. The van der Waals surface area contributed by atoms with Gasteiger partial charge < -0.3 is 4.74 Å². The molecule has 0 heterocycles. The van der Waals surface area contributed by atoms with Crippen molar-refractivity contribution in [2.75, 3.05) is 7.11 Å². The molecule has 2 heteroatoms. The summed E-state index contributed by atoms with van der Waals surface area (Å²) in [5.74, 6) is 1.00. The van der Waals surface area contributed by atoms with Crippen LogP contribution in [0.2, 0.25) is 0 Å². The van der Waals surface area contributed by atoms with Crippen LogP contribution in [0.5, 0.6) is 5.75 Å². The van der Waals surface area contributed by atoms with E-state index in [0.29, 0.717) is 0 Å². The molecule has 78 valence electrons. The number of rotatable bonds is 1. The molecule has 0 radical (unpaired) electrons. The third-order valence-electron chi connectivity index (χ3n) is 2.25. The van der Waals surface area contributed by atoms with Crippen LogP contribution in [0.25, 0.3) is 0 Å². The fourth-order valence-electron chi connectivity index (χ4n) is 1.56. The number of methoxy groups -OCH3 is 1. The van der Waals surface area contributed by atoms with Gasteiger partial charge in [-0.15, -0.1) is 0 Å². The minimum Gasteiger partial charge on any atom is -0.496 e. The molecule has 0 aliphatic heterocycles. The van der Waals surface area contributed by atoms with Crippen molar-refractivity contribution >= 4 is 15.9 Å². The van der Waals surface area contributed by atoms with Gasteiger partial charge in [-0.2, -0.15) is 0 Å². The molecule has 1 nitrogen and oxygen atoms in total. The lowest BCUT2D eigenvalue weighted by Crippen LogP contribution is -2.13. The van der Waals surface area contributed by atoms with Crippen molar-refractivity contribution in [3.8, 4) is 5.75 Å². The van der Waals surface area contributed by atoms with E-state index in [2.05, 4.69) is 55.8 Å². The van der Waals surface area contributed by atoms with Crippen LogP contribution in [0.15, 0.2) is 16.6 Å². The molecule has 0 N–H and O–H groups in total. The van der Waals surface area contributed by atoms with Gasteiger partial charge in [-0.05, 0) is 30.0 Å². The summed E-state index contributed by atoms with van der Waals surface area (Å²) in [5.41, 5.74) is 2.53. The highest BCUT2D eigenvalue weighted by Crippen LogP contribution is 2.36. The number of hydrogen-bond acceptors (Lipinski definition) is 1. The Morgan fingerprint density at radius 3 is 2.21 bits per heavy atom. The predicted octanol–water partition coefficient (Wildman–Crippen LogP) is 4.06. The van der Waals surface area contributed by atoms with Crippen molar-refractivity contribution in [1.82, 2.24) is 0 Å². The number of ether oxygens (including phenoxy) is 1. The fourth-order valence-corrected chi connectivity index (χ4v) is 2.13. The predicted molar refractivity (Wildman–Crippen MR) is 64.1 cm³/mol. The summed E-state index contributed by atoms with van der Waals surface area (Å²) in [4.78, 5) is 0. The van der Waals surface area contributed by atoms with Crippen molar-refractivity contribution < 1.29 is 4.74 Å². The Morgan fingerprint density at radius 1 is 1.21 bits per heavy atom. The average molecular weight is 257 g/mol. The Morgan fingerprint density at radius 2 is 1.79 bits per heavy atom. The first-order valence-corrected chi connectivity index (χ1v) is 5.50. The lowest BCUT2D eigenvalue weighted by atomic mass is 9.85. The molecule has 0 fully saturated rings. The van der Waals surface area contributed by atoms with Crippen LogP contribution in [-0.2, 0) is 5.41 Å². The highest BCUT2D eigenvalue weighted by molar-refractivity contribution is 9.10. The Labute approximate surface area is 94.6 Å². The molecular formula is C12H17BrO. The van der Waals surface area contributed by atoms with E-state index in [1.54, 1.807) is 7.11 Å². The number of benzene rings is 1. The van der Waals surface area contributed by atoms with E-state index in [1.807, 2.05) is 0 Å². The summed E-state index contributed by atoms with van der Waals surface area (Å²) in [6, 6.07) is 4.21. The SMILES string of the molecule is COc1c(C)cc(Br)cc1C(C)(C)C. The minimum atomic E-state index is 0.111. The minimum absolute atomic E-state index is 0.111. The molecule has 1 rings (SSSR count). The molecular weight excluding hydrogens is 240 g/mol. The van der Waals surface area contributed by atoms with Gasteiger partial charge in [0, 0.05) is 10.0 Å². The molecule has 1 aromatic carbocycles. The summed E-state index contributed by atoms with van der Waals surface area (Å²) in [5, 5.41) is 0. The van der Waals surface area contributed by atoms with Gasteiger partial charge in [0.1, 0.15) is 5.75 Å². The van der Waals surface area contributed by atoms with Crippen LogP contribution in [-0.4, -0.2) is 7.11 Å². The molecule has 0 amide bonds. The van der Waals surface area contributed by atoms with Crippen molar-refractivity contribution in [1.29, 1.82) is 0 Å². The van der Waals surface area contributed by atoms with Crippen molar-refractivity contribution in [2.45, 2.75) is 33.1 Å². The Balaban J connectivity index is 3.40. The Bertz CT molecular complexity index is 337. The standard InChI is InChI=1S/C12H17BrO/c1-8-6-9(13)7-10(11(8)14-5)12(2,3)4/h6-7H,1-5H3.